The number of rotatable bonds is 3. The molecule has 0 fully saturated rings. The molecule has 0 spiro atoms. The van der Waals surface area contributed by atoms with E-state index in [-0.39, 0.29) is 6.42 Å². The van der Waals surface area contributed by atoms with Crippen LogP contribution in [0, 0.1) is 0 Å². The Morgan fingerprint density at radius 2 is 2.11 bits per heavy atom. The zero-order chi connectivity index (χ0) is 7.28. The summed E-state index contributed by atoms with van der Waals surface area (Å²) in [6.07, 6.45) is 0.216. The summed E-state index contributed by atoms with van der Waals surface area (Å²) in [6.45, 7) is 1.07. The second-order valence-corrected chi connectivity index (χ2v) is 1.41. The van der Waals surface area contributed by atoms with Crippen LogP contribution in [0.5, 0.6) is 0 Å². The van der Waals surface area contributed by atoms with E-state index in [1.54, 1.807) is 6.92 Å². The highest BCUT2D eigenvalue weighted by Gasteiger charge is 2.00. The van der Waals surface area contributed by atoms with Crippen LogP contribution < -0.4 is 0 Å². The number of carboxylic acids is 1. The first-order valence-corrected chi connectivity index (χ1v) is 2.54. The summed E-state index contributed by atoms with van der Waals surface area (Å²) in [5.41, 5.74) is 0. The third kappa shape index (κ3) is 4.80. The van der Waals surface area contributed by atoms with E-state index in [4.69, 9.17) is 5.11 Å². The SMILES string of the molecule is CCC(=O)OCC(=O)O. The number of hydrogen-bond acceptors (Lipinski definition) is 3. The Bertz CT molecular complexity index is 118. The third-order valence-corrected chi connectivity index (χ3v) is 0.645. The van der Waals surface area contributed by atoms with Crippen molar-refractivity contribution in [2.75, 3.05) is 6.61 Å². The fourth-order valence-corrected chi connectivity index (χ4v) is 0.244. The molecule has 0 aliphatic carbocycles. The summed E-state index contributed by atoms with van der Waals surface area (Å²) in [4.78, 5) is 20.0. The maximum absolute atomic E-state index is 10.2. The number of hydrogen-bond donors (Lipinski definition) is 1. The van der Waals surface area contributed by atoms with E-state index in [9.17, 15) is 9.59 Å². The standard InChI is InChI=1S/C5H8O4/c1-2-5(8)9-3-4(6)7/h2-3H2,1H3,(H,6,7). The topological polar surface area (TPSA) is 63.6 Å². The molecule has 0 radical (unpaired) electrons. The molecule has 0 rings (SSSR count). The molecule has 0 atom stereocenters. The minimum Gasteiger partial charge on any atom is -0.479 e. The minimum atomic E-state index is -1.13. The van der Waals surface area contributed by atoms with Crippen LogP contribution in [0.4, 0.5) is 0 Å². The summed E-state index contributed by atoms with van der Waals surface area (Å²) in [5, 5.41) is 7.98. The highest BCUT2D eigenvalue weighted by Crippen LogP contribution is 1.82. The van der Waals surface area contributed by atoms with Crippen molar-refractivity contribution in [3.05, 3.63) is 0 Å². The Hall–Kier alpha value is -1.06. The number of carboxylic acid groups (broad SMARTS) is 1. The predicted octanol–water partition coefficient (Wildman–Crippen LogP) is 0.0242. The van der Waals surface area contributed by atoms with Crippen molar-refractivity contribution in [2.45, 2.75) is 13.3 Å². The summed E-state index contributed by atoms with van der Waals surface area (Å²) in [7, 11) is 0. The van der Waals surface area contributed by atoms with E-state index >= 15 is 0 Å². The molecule has 4 heteroatoms. The van der Waals surface area contributed by atoms with Gasteiger partial charge in [-0.25, -0.2) is 4.79 Å². The van der Waals surface area contributed by atoms with Crippen LogP contribution in [0.1, 0.15) is 13.3 Å². The molecule has 0 aromatic heterocycles. The van der Waals surface area contributed by atoms with Gasteiger partial charge in [-0.2, -0.15) is 0 Å². The smallest absolute Gasteiger partial charge is 0.341 e. The highest BCUT2D eigenvalue weighted by atomic mass is 16.5. The first-order valence-electron chi connectivity index (χ1n) is 2.54. The van der Waals surface area contributed by atoms with E-state index in [1.165, 1.54) is 0 Å². The maximum Gasteiger partial charge on any atom is 0.341 e. The van der Waals surface area contributed by atoms with Gasteiger partial charge in [-0.1, -0.05) is 6.92 Å². The first kappa shape index (κ1) is 7.94. The first-order chi connectivity index (χ1) is 4.16. The molecule has 0 heterocycles. The lowest BCUT2D eigenvalue weighted by molar-refractivity contribution is -0.154. The lowest BCUT2D eigenvalue weighted by Gasteiger charge is -1.95. The number of carbonyl (C=O) groups is 2. The number of esters is 1. The Morgan fingerprint density at radius 1 is 1.56 bits per heavy atom. The second-order valence-electron chi connectivity index (χ2n) is 1.41. The Kier molecular flexibility index (Phi) is 3.43. The van der Waals surface area contributed by atoms with E-state index < -0.39 is 18.5 Å². The lowest BCUT2D eigenvalue weighted by Crippen LogP contribution is -2.11. The van der Waals surface area contributed by atoms with Gasteiger partial charge in [0.1, 0.15) is 0 Å². The van der Waals surface area contributed by atoms with Gasteiger partial charge in [0.05, 0.1) is 0 Å². The van der Waals surface area contributed by atoms with Gasteiger partial charge < -0.3 is 9.84 Å². The van der Waals surface area contributed by atoms with E-state index in [1.807, 2.05) is 0 Å². The molecule has 4 nitrogen and oxygen atoms in total. The minimum absolute atomic E-state index is 0.216. The van der Waals surface area contributed by atoms with Gasteiger partial charge in [0, 0.05) is 6.42 Å². The summed E-state index contributed by atoms with van der Waals surface area (Å²) < 4.78 is 4.21. The number of aliphatic carboxylic acids is 1. The van der Waals surface area contributed by atoms with Crippen LogP contribution in [-0.4, -0.2) is 23.7 Å². The fraction of sp³-hybridized carbons (Fsp3) is 0.600. The van der Waals surface area contributed by atoms with Crippen LogP contribution in [0.2, 0.25) is 0 Å². The van der Waals surface area contributed by atoms with E-state index in [0.29, 0.717) is 0 Å². The van der Waals surface area contributed by atoms with Gasteiger partial charge in [-0.05, 0) is 0 Å². The average Bonchev–Trinajstić information content (AvgIpc) is 1.83. The van der Waals surface area contributed by atoms with Crippen LogP contribution in [-0.2, 0) is 14.3 Å². The van der Waals surface area contributed by atoms with Gasteiger partial charge in [-0.15, -0.1) is 0 Å². The molecule has 9 heavy (non-hydrogen) atoms. The highest BCUT2D eigenvalue weighted by molar-refractivity contribution is 5.74. The van der Waals surface area contributed by atoms with Gasteiger partial charge in [0.15, 0.2) is 6.61 Å². The molecule has 1 N–H and O–H groups in total. The largest absolute Gasteiger partial charge is 0.479 e. The van der Waals surface area contributed by atoms with E-state index in [2.05, 4.69) is 4.74 Å². The zero-order valence-corrected chi connectivity index (χ0v) is 5.09. The summed E-state index contributed by atoms with van der Waals surface area (Å²) >= 11 is 0. The average molecular weight is 132 g/mol. The van der Waals surface area contributed by atoms with Crippen molar-refractivity contribution < 1.29 is 19.4 Å². The van der Waals surface area contributed by atoms with Crippen molar-refractivity contribution in [1.82, 2.24) is 0 Å². The Labute approximate surface area is 52.4 Å². The summed E-state index contributed by atoms with van der Waals surface area (Å²) in [5.74, 6) is -1.62. The van der Waals surface area contributed by atoms with Crippen molar-refractivity contribution in [3.63, 3.8) is 0 Å². The Morgan fingerprint density at radius 3 is 2.44 bits per heavy atom. The van der Waals surface area contributed by atoms with Crippen molar-refractivity contribution >= 4 is 11.9 Å². The van der Waals surface area contributed by atoms with Crippen LogP contribution in [0.25, 0.3) is 0 Å². The predicted molar refractivity (Wildman–Crippen MR) is 28.9 cm³/mol. The maximum atomic E-state index is 10.2. The quantitative estimate of drug-likeness (QED) is 0.550. The monoisotopic (exact) mass is 132 g/mol. The zero-order valence-electron chi connectivity index (χ0n) is 5.09. The van der Waals surface area contributed by atoms with E-state index in [0.717, 1.165) is 0 Å². The third-order valence-electron chi connectivity index (χ3n) is 0.645. The fourth-order valence-electron chi connectivity index (χ4n) is 0.244. The number of carbonyl (C=O) groups excluding carboxylic acids is 1. The summed E-state index contributed by atoms with van der Waals surface area (Å²) in [6, 6.07) is 0. The molecular weight excluding hydrogens is 124 g/mol. The van der Waals surface area contributed by atoms with Crippen LogP contribution in [0.3, 0.4) is 0 Å². The molecule has 52 valence electrons. The molecule has 0 aliphatic heterocycles. The normalized spacial score (nSPS) is 8.56. The Balaban J connectivity index is 3.28. The molecule has 0 bridgehead atoms. The molecule has 0 unspecified atom stereocenters. The number of ether oxygens (including phenoxy) is 1. The molecule has 0 aromatic carbocycles. The van der Waals surface area contributed by atoms with Crippen molar-refractivity contribution in [2.24, 2.45) is 0 Å². The van der Waals surface area contributed by atoms with Crippen LogP contribution >= 0.6 is 0 Å². The molecule has 0 saturated carbocycles. The van der Waals surface area contributed by atoms with Gasteiger partial charge in [0.25, 0.3) is 0 Å². The molecule has 0 aliphatic rings. The molecule has 0 aromatic rings. The van der Waals surface area contributed by atoms with Gasteiger partial charge >= 0.3 is 11.9 Å². The second kappa shape index (κ2) is 3.88. The lowest BCUT2D eigenvalue weighted by atomic mass is 10.5. The van der Waals surface area contributed by atoms with Crippen molar-refractivity contribution in [3.8, 4) is 0 Å². The molecular formula is C5H8O4. The van der Waals surface area contributed by atoms with Gasteiger partial charge in [-0.3, -0.25) is 4.79 Å². The molecule has 0 saturated heterocycles. The van der Waals surface area contributed by atoms with Gasteiger partial charge in [0.2, 0.25) is 0 Å². The van der Waals surface area contributed by atoms with Crippen LogP contribution in [0.15, 0.2) is 0 Å². The van der Waals surface area contributed by atoms with Crippen molar-refractivity contribution in [1.29, 1.82) is 0 Å². The molecule has 0 amide bonds.